The quantitative estimate of drug-likeness (QED) is 0.878. The third-order valence-electron chi connectivity index (χ3n) is 2.33. The molecule has 103 valence electrons. The standard InChI is InChI=1S/C10H10FN2O4S2/c1-7(18(2,14)15)19(16,17)13-10-4-3-9(11)5-8(10)6-12/h4-5,7,13H,1-2H3. The van der Waals surface area contributed by atoms with Gasteiger partial charge in [0.1, 0.15) is 11.9 Å². The van der Waals surface area contributed by atoms with E-state index in [2.05, 4.69) is 6.07 Å². The number of halogens is 1. The Morgan fingerprint density at radius 1 is 1.42 bits per heavy atom. The monoisotopic (exact) mass is 305 g/mol. The van der Waals surface area contributed by atoms with E-state index in [0.29, 0.717) is 0 Å². The summed E-state index contributed by atoms with van der Waals surface area (Å²) in [6, 6.07) is 5.41. The van der Waals surface area contributed by atoms with Crippen LogP contribution in [0.3, 0.4) is 0 Å². The van der Waals surface area contributed by atoms with Gasteiger partial charge < -0.3 is 0 Å². The van der Waals surface area contributed by atoms with Crippen LogP contribution in [0.15, 0.2) is 12.1 Å². The average Bonchev–Trinajstić information content (AvgIpc) is 2.29. The van der Waals surface area contributed by atoms with Crippen LogP contribution in [0.4, 0.5) is 10.1 Å². The van der Waals surface area contributed by atoms with Crippen molar-refractivity contribution in [1.29, 1.82) is 5.26 Å². The number of anilines is 1. The molecule has 1 radical (unpaired) electrons. The van der Waals surface area contributed by atoms with Crippen LogP contribution in [-0.4, -0.2) is 27.7 Å². The molecule has 0 heterocycles. The number of hydrogen-bond donors (Lipinski definition) is 1. The Balaban J connectivity index is 3.21. The fourth-order valence-electron chi connectivity index (χ4n) is 1.11. The van der Waals surface area contributed by atoms with E-state index >= 15 is 0 Å². The summed E-state index contributed by atoms with van der Waals surface area (Å²) in [5, 5.41) is 8.75. The van der Waals surface area contributed by atoms with Gasteiger partial charge in [0.2, 0.25) is 10.0 Å². The second-order valence-electron chi connectivity index (χ2n) is 3.76. The molecule has 1 unspecified atom stereocenters. The first kappa shape index (κ1) is 15.4. The molecule has 0 fully saturated rings. The smallest absolute Gasteiger partial charge is 0.249 e. The molecule has 0 spiro atoms. The Bertz CT molecular complexity index is 735. The summed E-state index contributed by atoms with van der Waals surface area (Å²) in [4.78, 5) is 0. The van der Waals surface area contributed by atoms with Crippen molar-refractivity contribution >= 4 is 25.5 Å². The number of benzene rings is 1. The van der Waals surface area contributed by atoms with E-state index in [1.165, 1.54) is 0 Å². The van der Waals surface area contributed by atoms with Crippen LogP contribution in [0.2, 0.25) is 0 Å². The number of nitrogens with one attached hydrogen (secondary N) is 1. The maximum absolute atomic E-state index is 12.8. The van der Waals surface area contributed by atoms with Crippen LogP contribution in [0.1, 0.15) is 12.5 Å². The van der Waals surface area contributed by atoms with Crippen molar-refractivity contribution in [3.63, 3.8) is 0 Å². The van der Waals surface area contributed by atoms with Crippen molar-refractivity contribution in [2.24, 2.45) is 0 Å². The Morgan fingerprint density at radius 3 is 2.47 bits per heavy atom. The second kappa shape index (κ2) is 5.14. The molecule has 0 saturated carbocycles. The lowest BCUT2D eigenvalue weighted by Gasteiger charge is -2.13. The lowest BCUT2D eigenvalue weighted by Crippen LogP contribution is -2.31. The zero-order chi connectivity index (χ0) is 14.8. The van der Waals surface area contributed by atoms with Gasteiger partial charge in [0, 0.05) is 12.3 Å². The lowest BCUT2D eigenvalue weighted by atomic mass is 10.2. The van der Waals surface area contributed by atoms with Crippen molar-refractivity contribution in [2.45, 2.75) is 11.5 Å². The number of nitrogens with zero attached hydrogens (tertiary/aromatic N) is 1. The highest BCUT2D eigenvalue weighted by Crippen LogP contribution is 2.19. The van der Waals surface area contributed by atoms with Crippen molar-refractivity contribution < 1.29 is 21.2 Å². The van der Waals surface area contributed by atoms with Crippen LogP contribution < -0.4 is 4.72 Å². The maximum atomic E-state index is 12.8. The molecule has 0 bridgehead atoms. The van der Waals surface area contributed by atoms with E-state index in [4.69, 9.17) is 5.26 Å². The normalized spacial score (nSPS) is 13.6. The van der Waals surface area contributed by atoms with Crippen molar-refractivity contribution in [2.75, 3.05) is 11.0 Å². The predicted molar refractivity (Wildman–Crippen MR) is 66.8 cm³/mol. The molecule has 19 heavy (non-hydrogen) atoms. The lowest BCUT2D eigenvalue weighted by molar-refractivity contribution is 0.584. The van der Waals surface area contributed by atoms with E-state index in [1.54, 1.807) is 6.07 Å². The Morgan fingerprint density at radius 2 is 2.00 bits per heavy atom. The molecule has 9 heteroatoms. The van der Waals surface area contributed by atoms with Crippen LogP contribution in [0, 0.1) is 23.2 Å². The zero-order valence-electron chi connectivity index (χ0n) is 10.0. The molecule has 0 aromatic heterocycles. The van der Waals surface area contributed by atoms with E-state index in [-0.39, 0.29) is 11.3 Å². The first-order chi connectivity index (χ1) is 8.58. The number of sulfone groups is 1. The van der Waals surface area contributed by atoms with Crippen molar-refractivity contribution in [3.05, 3.63) is 29.6 Å². The van der Waals surface area contributed by atoms with Gasteiger partial charge in [-0.1, -0.05) is 0 Å². The van der Waals surface area contributed by atoms with E-state index in [9.17, 15) is 21.2 Å². The highest BCUT2D eigenvalue weighted by Gasteiger charge is 2.30. The minimum absolute atomic E-state index is 0.223. The zero-order valence-corrected chi connectivity index (χ0v) is 11.6. The third-order valence-corrected chi connectivity index (χ3v) is 6.72. The fourth-order valence-corrected chi connectivity index (χ4v) is 3.73. The first-order valence-electron chi connectivity index (χ1n) is 4.90. The predicted octanol–water partition coefficient (Wildman–Crippen LogP) is 0.630. The summed E-state index contributed by atoms with van der Waals surface area (Å²) in [6.45, 7) is 0.997. The summed E-state index contributed by atoms with van der Waals surface area (Å²) < 4.78 is 59.1. The summed E-state index contributed by atoms with van der Waals surface area (Å²) in [7, 11) is -8.07. The summed E-state index contributed by atoms with van der Waals surface area (Å²) in [6.07, 6.45) is 0.777. The van der Waals surface area contributed by atoms with Gasteiger partial charge in [0.15, 0.2) is 14.4 Å². The van der Waals surface area contributed by atoms with Gasteiger partial charge in [-0.15, -0.1) is 0 Å². The molecule has 0 aliphatic heterocycles. The largest absolute Gasteiger partial charge is 0.281 e. The molecule has 6 nitrogen and oxygen atoms in total. The van der Waals surface area contributed by atoms with Gasteiger partial charge >= 0.3 is 0 Å². The molecule has 1 aromatic rings. The topological polar surface area (TPSA) is 104 Å². The Hall–Kier alpha value is -1.66. The highest BCUT2D eigenvalue weighted by atomic mass is 32.3. The molecule has 1 rings (SSSR count). The average molecular weight is 305 g/mol. The third kappa shape index (κ3) is 3.65. The number of hydrogen-bond acceptors (Lipinski definition) is 5. The number of nitriles is 1. The highest BCUT2D eigenvalue weighted by molar-refractivity contribution is 8.09. The minimum Gasteiger partial charge on any atom is -0.281 e. The molecule has 0 aliphatic carbocycles. The van der Waals surface area contributed by atoms with E-state index in [1.807, 2.05) is 4.72 Å². The second-order valence-corrected chi connectivity index (χ2v) is 8.43. The van der Waals surface area contributed by atoms with Gasteiger partial charge in [-0.25, -0.2) is 21.2 Å². The molecular formula is C10H10FN2O4S2. The molecule has 0 amide bonds. The fraction of sp³-hybridized carbons (Fsp3) is 0.300. The van der Waals surface area contributed by atoms with Gasteiger partial charge in [0.05, 0.1) is 11.3 Å². The number of rotatable bonds is 4. The molecule has 1 atom stereocenters. The van der Waals surface area contributed by atoms with E-state index in [0.717, 1.165) is 25.3 Å². The minimum atomic E-state index is -4.25. The maximum Gasteiger partial charge on any atom is 0.249 e. The molecule has 0 saturated heterocycles. The van der Waals surface area contributed by atoms with Crippen molar-refractivity contribution in [3.8, 4) is 6.07 Å². The molecule has 1 aromatic carbocycles. The summed E-state index contributed by atoms with van der Waals surface area (Å²) in [5.41, 5.74) is -0.486. The first-order valence-corrected chi connectivity index (χ1v) is 8.40. The molecule has 0 aliphatic rings. The summed E-state index contributed by atoms with van der Waals surface area (Å²) in [5.74, 6) is -0.823. The van der Waals surface area contributed by atoms with Crippen LogP contribution in [-0.2, 0) is 19.9 Å². The molecule has 1 N–H and O–H groups in total. The van der Waals surface area contributed by atoms with Crippen LogP contribution >= 0.6 is 0 Å². The SMILES string of the molecule is CC(S(C)(=O)=O)S(=O)(=O)Nc1c[c]c(F)cc1C#N. The Kier molecular flexibility index (Phi) is 4.17. The Labute approximate surface area is 110 Å². The molecular weight excluding hydrogens is 295 g/mol. The van der Waals surface area contributed by atoms with Gasteiger partial charge in [-0.05, 0) is 19.1 Å². The van der Waals surface area contributed by atoms with Crippen LogP contribution in [0.5, 0.6) is 0 Å². The van der Waals surface area contributed by atoms with Gasteiger partial charge in [-0.2, -0.15) is 5.26 Å². The van der Waals surface area contributed by atoms with E-state index < -0.39 is 30.3 Å². The van der Waals surface area contributed by atoms with Crippen LogP contribution in [0.25, 0.3) is 0 Å². The van der Waals surface area contributed by atoms with Gasteiger partial charge in [0.25, 0.3) is 0 Å². The van der Waals surface area contributed by atoms with Gasteiger partial charge in [-0.3, -0.25) is 4.72 Å². The summed E-state index contributed by atoms with van der Waals surface area (Å²) >= 11 is 0. The van der Waals surface area contributed by atoms with Crippen molar-refractivity contribution in [1.82, 2.24) is 0 Å². The number of sulfonamides is 1.